The van der Waals surface area contributed by atoms with Crippen LogP contribution in [0.2, 0.25) is 0 Å². The zero-order chi connectivity index (χ0) is 12.2. The summed E-state index contributed by atoms with van der Waals surface area (Å²) in [5.41, 5.74) is 7.67. The summed E-state index contributed by atoms with van der Waals surface area (Å²) in [4.78, 5) is 10.9. The lowest BCUT2D eigenvalue weighted by molar-refractivity contribution is -0.117. The van der Waals surface area contributed by atoms with Crippen molar-refractivity contribution >= 4 is 5.91 Å². The molecule has 1 rings (SSSR count). The minimum Gasteiger partial charge on any atom is -0.369 e. The zero-order valence-electron chi connectivity index (χ0n) is 10.4. The maximum absolute atomic E-state index is 10.9. The quantitative estimate of drug-likeness (QED) is 0.813. The molecule has 0 fully saturated rings. The third kappa shape index (κ3) is 3.37. The van der Waals surface area contributed by atoms with Gasteiger partial charge in [-0.2, -0.15) is 0 Å². The van der Waals surface area contributed by atoms with Crippen LogP contribution in [0.1, 0.15) is 44.7 Å². The van der Waals surface area contributed by atoms with Gasteiger partial charge in [-0.1, -0.05) is 51.5 Å². The largest absolute Gasteiger partial charge is 0.369 e. The molecule has 1 amide bonds. The van der Waals surface area contributed by atoms with Gasteiger partial charge in [0.2, 0.25) is 5.91 Å². The maximum Gasteiger partial charge on any atom is 0.221 e. The first-order chi connectivity index (χ1) is 7.45. The average molecular weight is 219 g/mol. The predicted octanol–water partition coefficient (Wildman–Crippen LogP) is 2.79. The SMILES string of the molecule is CCCC(C)(C)c1cccc(CC(N)=O)c1. The number of carbonyl (C=O) groups is 1. The van der Waals surface area contributed by atoms with Gasteiger partial charge < -0.3 is 5.73 Å². The van der Waals surface area contributed by atoms with E-state index in [-0.39, 0.29) is 11.3 Å². The summed E-state index contributed by atoms with van der Waals surface area (Å²) in [7, 11) is 0. The molecule has 0 saturated carbocycles. The van der Waals surface area contributed by atoms with E-state index in [4.69, 9.17) is 5.73 Å². The molecule has 0 radical (unpaired) electrons. The van der Waals surface area contributed by atoms with Crippen molar-refractivity contribution in [2.75, 3.05) is 0 Å². The molecule has 88 valence electrons. The number of rotatable bonds is 5. The Kier molecular flexibility index (Phi) is 4.11. The third-order valence-corrected chi connectivity index (χ3v) is 2.96. The van der Waals surface area contributed by atoms with E-state index in [1.54, 1.807) is 0 Å². The lowest BCUT2D eigenvalue weighted by atomic mass is 9.80. The Morgan fingerprint density at radius 3 is 2.62 bits per heavy atom. The highest BCUT2D eigenvalue weighted by molar-refractivity contribution is 5.76. The van der Waals surface area contributed by atoms with Crippen LogP contribution in [0.5, 0.6) is 0 Å². The van der Waals surface area contributed by atoms with Crippen molar-refractivity contribution in [2.45, 2.75) is 45.4 Å². The first kappa shape index (κ1) is 12.8. The lowest BCUT2D eigenvalue weighted by Crippen LogP contribution is -2.18. The second kappa shape index (κ2) is 5.15. The molecule has 0 saturated heterocycles. The highest BCUT2D eigenvalue weighted by Crippen LogP contribution is 2.28. The van der Waals surface area contributed by atoms with Crippen LogP contribution >= 0.6 is 0 Å². The molecule has 2 heteroatoms. The Balaban J connectivity index is 2.93. The molecule has 0 heterocycles. The number of primary amides is 1. The molecule has 0 aliphatic heterocycles. The molecule has 2 N–H and O–H groups in total. The van der Waals surface area contributed by atoms with E-state index in [1.807, 2.05) is 12.1 Å². The van der Waals surface area contributed by atoms with Gasteiger partial charge >= 0.3 is 0 Å². The fourth-order valence-electron chi connectivity index (χ4n) is 2.07. The van der Waals surface area contributed by atoms with E-state index in [0.717, 1.165) is 18.4 Å². The van der Waals surface area contributed by atoms with Gasteiger partial charge in [0.05, 0.1) is 6.42 Å². The van der Waals surface area contributed by atoms with Gasteiger partial charge in [-0.25, -0.2) is 0 Å². The molecule has 16 heavy (non-hydrogen) atoms. The molecule has 0 aliphatic carbocycles. The summed E-state index contributed by atoms with van der Waals surface area (Å²) in [6, 6.07) is 8.18. The van der Waals surface area contributed by atoms with Gasteiger partial charge in [0.25, 0.3) is 0 Å². The monoisotopic (exact) mass is 219 g/mol. The normalized spacial score (nSPS) is 11.4. The Morgan fingerprint density at radius 2 is 2.06 bits per heavy atom. The van der Waals surface area contributed by atoms with Crippen LogP contribution in [0.15, 0.2) is 24.3 Å². The van der Waals surface area contributed by atoms with Crippen molar-refractivity contribution in [1.82, 2.24) is 0 Å². The standard InChI is InChI=1S/C14H21NO/c1-4-8-14(2,3)12-7-5-6-11(9-12)10-13(15)16/h5-7,9H,4,8,10H2,1-3H3,(H2,15,16). The topological polar surface area (TPSA) is 43.1 Å². The second-order valence-corrected chi connectivity index (χ2v) is 4.98. The van der Waals surface area contributed by atoms with Crippen LogP contribution in [0.4, 0.5) is 0 Å². The van der Waals surface area contributed by atoms with Crippen molar-refractivity contribution in [3.05, 3.63) is 35.4 Å². The predicted molar refractivity (Wildman–Crippen MR) is 67.3 cm³/mol. The minimum absolute atomic E-state index is 0.169. The molecule has 0 spiro atoms. The fraction of sp³-hybridized carbons (Fsp3) is 0.500. The van der Waals surface area contributed by atoms with Gasteiger partial charge in [0, 0.05) is 0 Å². The van der Waals surface area contributed by atoms with Gasteiger partial charge in [0.15, 0.2) is 0 Å². The Morgan fingerprint density at radius 1 is 1.38 bits per heavy atom. The van der Waals surface area contributed by atoms with Gasteiger partial charge in [0.1, 0.15) is 0 Å². The van der Waals surface area contributed by atoms with E-state index in [2.05, 4.69) is 32.9 Å². The van der Waals surface area contributed by atoms with Crippen LogP contribution in [0.3, 0.4) is 0 Å². The second-order valence-electron chi connectivity index (χ2n) is 4.98. The third-order valence-electron chi connectivity index (χ3n) is 2.96. The van der Waals surface area contributed by atoms with Crippen LogP contribution < -0.4 is 5.73 Å². The molecular formula is C14H21NO. The van der Waals surface area contributed by atoms with E-state index < -0.39 is 0 Å². The number of carbonyl (C=O) groups excluding carboxylic acids is 1. The Hall–Kier alpha value is -1.31. The molecule has 0 unspecified atom stereocenters. The molecule has 0 bridgehead atoms. The van der Waals surface area contributed by atoms with Crippen molar-refractivity contribution in [2.24, 2.45) is 5.73 Å². The summed E-state index contributed by atoms with van der Waals surface area (Å²) in [5.74, 6) is -0.273. The van der Waals surface area contributed by atoms with E-state index >= 15 is 0 Å². The summed E-state index contributed by atoms with van der Waals surface area (Å²) < 4.78 is 0. The van der Waals surface area contributed by atoms with Crippen molar-refractivity contribution in [1.29, 1.82) is 0 Å². The minimum atomic E-state index is -0.273. The van der Waals surface area contributed by atoms with Crippen molar-refractivity contribution in [3.8, 4) is 0 Å². The summed E-state index contributed by atoms with van der Waals surface area (Å²) in [6.45, 7) is 6.66. The Bertz CT molecular complexity index is 369. The van der Waals surface area contributed by atoms with E-state index in [9.17, 15) is 4.79 Å². The summed E-state index contributed by atoms with van der Waals surface area (Å²) in [5, 5.41) is 0. The first-order valence-electron chi connectivity index (χ1n) is 5.83. The fourth-order valence-corrected chi connectivity index (χ4v) is 2.07. The molecule has 2 nitrogen and oxygen atoms in total. The number of hydrogen-bond donors (Lipinski definition) is 1. The van der Waals surface area contributed by atoms with Gasteiger partial charge in [-0.15, -0.1) is 0 Å². The highest BCUT2D eigenvalue weighted by atomic mass is 16.1. The number of nitrogens with two attached hydrogens (primary N) is 1. The zero-order valence-corrected chi connectivity index (χ0v) is 10.4. The van der Waals surface area contributed by atoms with Gasteiger partial charge in [-0.3, -0.25) is 4.79 Å². The summed E-state index contributed by atoms with van der Waals surface area (Å²) in [6.07, 6.45) is 2.64. The number of benzene rings is 1. The van der Waals surface area contributed by atoms with Crippen LogP contribution in [0.25, 0.3) is 0 Å². The maximum atomic E-state index is 10.9. The van der Waals surface area contributed by atoms with Gasteiger partial charge in [-0.05, 0) is 23.0 Å². The Labute approximate surface area is 97.9 Å². The molecule has 0 aromatic heterocycles. The molecule has 1 aromatic carbocycles. The van der Waals surface area contributed by atoms with E-state index in [0.29, 0.717) is 6.42 Å². The molecule has 0 aliphatic rings. The average Bonchev–Trinajstić information content (AvgIpc) is 2.17. The van der Waals surface area contributed by atoms with Crippen LogP contribution in [-0.2, 0) is 16.6 Å². The first-order valence-corrected chi connectivity index (χ1v) is 5.83. The smallest absolute Gasteiger partial charge is 0.221 e. The van der Waals surface area contributed by atoms with Crippen LogP contribution in [-0.4, -0.2) is 5.91 Å². The lowest BCUT2D eigenvalue weighted by Gasteiger charge is -2.25. The number of hydrogen-bond acceptors (Lipinski definition) is 1. The van der Waals surface area contributed by atoms with Crippen molar-refractivity contribution in [3.63, 3.8) is 0 Å². The number of amides is 1. The van der Waals surface area contributed by atoms with E-state index in [1.165, 1.54) is 5.56 Å². The van der Waals surface area contributed by atoms with Crippen molar-refractivity contribution < 1.29 is 4.79 Å². The summed E-state index contributed by atoms with van der Waals surface area (Å²) >= 11 is 0. The highest BCUT2D eigenvalue weighted by Gasteiger charge is 2.19. The molecule has 0 atom stereocenters. The molecule has 1 aromatic rings. The van der Waals surface area contributed by atoms with Crippen LogP contribution in [0, 0.1) is 0 Å². The molecular weight excluding hydrogens is 198 g/mol.